The molecule has 0 fully saturated rings. The van der Waals surface area contributed by atoms with Gasteiger partial charge < -0.3 is 5.11 Å². The zero-order chi connectivity index (χ0) is 11.0. The number of aliphatic carboxylic acids is 1. The second-order valence-electron chi connectivity index (χ2n) is 3.11. The Bertz CT molecular complexity index is 583. The minimum atomic E-state index is -1.01. The van der Waals surface area contributed by atoms with Crippen LogP contribution >= 0.6 is 0 Å². The predicted octanol–water partition coefficient (Wildman–Crippen LogP) is -0.647. The third kappa shape index (κ3) is 1.71. The largest absolute Gasteiger partial charge is 0.481 e. The molecule has 7 heteroatoms. The highest BCUT2D eigenvalue weighted by atomic mass is 16.4. The average molecular weight is 208 g/mol. The Balaban J connectivity index is 2.60. The third-order valence-electron chi connectivity index (χ3n) is 1.87. The number of fused-ring (bicyclic) bond motifs is 1. The SMILES string of the molecule is Cc1cc(=O)[nH]c2nc(CC(=O)O)nn12. The summed E-state index contributed by atoms with van der Waals surface area (Å²) in [6.45, 7) is 1.70. The summed E-state index contributed by atoms with van der Waals surface area (Å²) in [5, 5.41) is 12.5. The Hall–Kier alpha value is -2.18. The van der Waals surface area contributed by atoms with Crippen molar-refractivity contribution >= 4 is 11.7 Å². The molecule has 2 N–H and O–H groups in total. The molecule has 0 unspecified atom stereocenters. The summed E-state index contributed by atoms with van der Waals surface area (Å²) < 4.78 is 1.40. The second kappa shape index (κ2) is 3.19. The zero-order valence-electron chi connectivity index (χ0n) is 7.89. The molecule has 0 aromatic carbocycles. The number of carboxylic acids is 1. The van der Waals surface area contributed by atoms with Crippen molar-refractivity contribution < 1.29 is 9.90 Å². The summed E-state index contributed by atoms with van der Waals surface area (Å²) in [6.07, 6.45) is -0.261. The topological polar surface area (TPSA) is 100 Å². The van der Waals surface area contributed by atoms with E-state index in [4.69, 9.17) is 5.11 Å². The molecular weight excluding hydrogens is 200 g/mol. The van der Waals surface area contributed by atoms with Gasteiger partial charge in [0.1, 0.15) is 6.42 Å². The fourth-order valence-electron chi connectivity index (χ4n) is 1.29. The van der Waals surface area contributed by atoms with E-state index in [0.29, 0.717) is 5.69 Å². The number of hydrogen-bond donors (Lipinski definition) is 2. The number of H-pyrrole nitrogens is 1. The van der Waals surface area contributed by atoms with Crippen molar-refractivity contribution in [2.45, 2.75) is 13.3 Å². The Morgan fingerprint density at radius 3 is 3.07 bits per heavy atom. The van der Waals surface area contributed by atoms with Gasteiger partial charge in [-0.1, -0.05) is 0 Å². The standard InChI is InChI=1S/C8H8N4O3/c1-4-2-6(13)10-8-9-5(3-7(14)15)11-12(4)8/h2H,3H2,1H3,(H,14,15)(H,9,10,11,13). The molecule has 2 rings (SSSR count). The molecule has 0 saturated heterocycles. The van der Waals surface area contributed by atoms with Gasteiger partial charge in [0.05, 0.1) is 0 Å². The summed E-state index contributed by atoms with van der Waals surface area (Å²) in [4.78, 5) is 27.9. The highest BCUT2D eigenvalue weighted by Crippen LogP contribution is 1.99. The van der Waals surface area contributed by atoms with Crippen molar-refractivity contribution in [1.29, 1.82) is 0 Å². The van der Waals surface area contributed by atoms with E-state index in [2.05, 4.69) is 15.1 Å². The lowest BCUT2D eigenvalue weighted by Gasteiger charge is -1.93. The van der Waals surface area contributed by atoms with Crippen LogP contribution in [0.4, 0.5) is 0 Å². The molecule has 0 saturated carbocycles. The lowest BCUT2D eigenvalue weighted by molar-refractivity contribution is -0.136. The normalized spacial score (nSPS) is 10.7. The maximum Gasteiger partial charge on any atom is 0.311 e. The number of nitrogens with zero attached hydrogens (tertiary/aromatic N) is 3. The van der Waals surface area contributed by atoms with Crippen LogP contribution in [0.3, 0.4) is 0 Å². The van der Waals surface area contributed by atoms with Crippen LogP contribution in [0.1, 0.15) is 11.5 Å². The van der Waals surface area contributed by atoms with Gasteiger partial charge in [0.2, 0.25) is 5.78 Å². The molecule has 2 aromatic rings. The maximum atomic E-state index is 11.1. The van der Waals surface area contributed by atoms with Crippen LogP contribution in [0.2, 0.25) is 0 Å². The van der Waals surface area contributed by atoms with E-state index in [1.165, 1.54) is 10.6 Å². The summed E-state index contributed by atoms with van der Waals surface area (Å²) in [5.74, 6) is -0.574. The predicted molar refractivity (Wildman–Crippen MR) is 49.7 cm³/mol. The van der Waals surface area contributed by atoms with Gasteiger partial charge in [-0.25, -0.2) is 4.52 Å². The number of hydrogen-bond acceptors (Lipinski definition) is 4. The zero-order valence-corrected chi connectivity index (χ0v) is 7.89. The Morgan fingerprint density at radius 2 is 2.40 bits per heavy atom. The number of nitrogens with one attached hydrogen (secondary N) is 1. The van der Waals surface area contributed by atoms with Crippen molar-refractivity contribution in [3.63, 3.8) is 0 Å². The highest BCUT2D eigenvalue weighted by Gasteiger charge is 2.09. The fourth-order valence-corrected chi connectivity index (χ4v) is 1.29. The lowest BCUT2D eigenvalue weighted by atomic mass is 10.4. The van der Waals surface area contributed by atoms with E-state index in [0.717, 1.165) is 0 Å². The van der Waals surface area contributed by atoms with Crippen molar-refractivity contribution in [2.24, 2.45) is 0 Å². The van der Waals surface area contributed by atoms with Crippen molar-refractivity contribution in [3.8, 4) is 0 Å². The molecule has 0 radical (unpaired) electrons. The van der Waals surface area contributed by atoms with Crippen LogP contribution in [0.25, 0.3) is 5.78 Å². The summed E-state index contributed by atoms with van der Waals surface area (Å²) in [5.41, 5.74) is 0.326. The minimum Gasteiger partial charge on any atom is -0.481 e. The first-order valence-corrected chi connectivity index (χ1v) is 4.23. The molecule has 2 aromatic heterocycles. The monoisotopic (exact) mass is 208 g/mol. The molecule has 0 atom stereocenters. The van der Waals surface area contributed by atoms with Gasteiger partial charge in [-0.3, -0.25) is 14.6 Å². The van der Waals surface area contributed by atoms with Crippen LogP contribution in [0, 0.1) is 6.92 Å². The van der Waals surface area contributed by atoms with Gasteiger partial charge in [0.15, 0.2) is 5.82 Å². The number of rotatable bonds is 2. The quantitative estimate of drug-likeness (QED) is 0.683. The molecule has 0 aliphatic heterocycles. The van der Waals surface area contributed by atoms with Gasteiger partial charge in [-0.2, -0.15) is 4.98 Å². The van der Waals surface area contributed by atoms with Gasteiger partial charge in [-0.05, 0) is 6.92 Å². The van der Waals surface area contributed by atoms with Gasteiger partial charge in [0.25, 0.3) is 5.56 Å². The third-order valence-corrected chi connectivity index (χ3v) is 1.87. The number of carboxylic acid groups (broad SMARTS) is 1. The Morgan fingerprint density at radius 1 is 1.67 bits per heavy atom. The van der Waals surface area contributed by atoms with E-state index in [1.54, 1.807) is 6.92 Å². The molecule has 15 heavy (non-hydrogen) atoms. The molecule has 0 amide bonds. The van der Waals surface area contributed by atoms with E-state index in [9.17, 15) is 9.59 Å². The first-order chi connectivity index (χ1) is 7.06. The molecule has 7 nitrogen and oxygen atoms in total. The van der Waals surface area contributed by atoms with Crippen LogP contribution < -0.4 is 5.56 Å². The number of aromatic nitrogens is 4. The fraction of sp³-hybridized carbons (Fsp3) is 0.250. The molecule has 0 bridgehead atoms. The van der Waals surface area contributed by atoms with Gasteiger partial charge in [0, 0.05) is 11.8 Å². The lowest BCUT2D eigenvalue weighted by Crippen LogP contribution is -2.09. The molecule has 78 valence electrons. The van der Waals surface area contributed by atoms with Crippen molar-refractivity contribution in [3.05, 3.63) is 27.9 Å². The van der Waals surface area contributed by atoms with E-state index in [-0.39, 0.29) is 23.6 Å². The van der Waals surface area contributed by atoms with E-state index < -0.39 is 5.97 Å². The first kappa shape index (κ1) is 9.38. The van der Waals surface area contributed by atoms with Crippen LogP contribution in [0.15, 0.2) is 10.9 Å². The van der Waals surface area contributed by atoms with E-state index in [1.807, 2.05) is 0 Å². The van der Waals surface area contributed by atoms with Gasteiger partial charge in [-0.15, -0.1) is 5.10 Å². The first-order valence-electron chi connectivity index (χ1n) is 4.23. The molecule has 2 heterocycles. The summed E-state index contributed by atoms with van der Waals surface area (Å²) in [7, 11) is 0. The molecular formula is C8H8N4O3. The molecule has 0 aliphatic rings. The number of carbonyl (C=O) groups is 1. The van der Waals surface area contributed by atoms with Gasteiger partial charge >= 0.3 is 5.97 Å². The number of aryl methyl sites for hydroxylation is 1. The maximum absolute atomic E-state index is 11.1. The highest BCUT2D eigenvalue weighted by molar-refractivity contribution is 5.69. The van der Waals surface area contributed by atoms with Crippen molar-refractivity contribution in [2.75, 3.05) is 0 Å². The molecule has 0 spiro atoms. The van der Waals surface area contributed by atoms with Crippen molar-refractivity contribution in [1.82, 2.24) is 19.6 Å². The Kier molecular flexibility index (Phi) is 2.00. The summed E-state index contributed by atoms with van der Waals surface area (Å²) in [6, 6.07) is 1.37. The smallest absolute Gasteiger partial charge is 0.311 e. The van der Waals surface area contributed by atoms with Crippen LogP contribution in [-0.2, 0) is 11.2 Å². The average Bonchev–Trinajstić information content (AvgIpc) is 2.45. The van der Waals surface area contributed by atoms with Crippen LogP contribution in [-0.4, -0.2) is 30.7 Å². The van der Waals surface area contributed by atoms with Crippen LogP contribution in [0.5, 0.6) is 0 Å². The Labute approximate surface area is 83.4 Å². The second-order valence-corrected chi connectivity index (χ2v) is 3.11. The summed E-state index contributed by atoms with van der Waals surface area (Å²) >= 11 is 0. The molecule has 0 aliphatic carbocycles. The van der Waals surface area contributed by atoms with E-state index >= 15 is 0 Å². The number of aromatic amines is 1. The minimum absolute atomic E-state index is 0.174.